The number of hydrogen-bond acceptors (Lipinski definition) is 2. The molecule has 4 heteroatoms. The predicted octanol–water partition coefficient (Wildman–Crippen LogP) is 2.14. The van der Waals surface area contributed by atoms with Crippen molar-refractivity contribution < 1.29 is 0 Å². The monoisotopic (exact) mass is 237 g/mol. The normalized spacial score (nSPS) is 14.8. The van der Waals surface area contributed by atoms with E-state index in [1.165, 1.54) is 30.7 Å². The van der Waals surface area contributed by atoms with Crippen molar-refractivity contribution in [1.29, 1.82) is 0 Å². The fourth-order valence-electron chi connectivity index (χ4n) is 2.44. The molecule has 2 N–H and O–H groups in total. The molecule has 3 nitrogen and oxygen atoms in total. The van der Waals surface area contributed by atoms with Gasteiger partial charge in [0.05, 0.1) is 10.7 Å². The minimum atomic E-state index is 0.617. The molecule has 1 aliphatic rings. The van der Waals surface area contributed by atoms with Crippen molar-refractivity contribution in [2.24, 2.45) is 5.73 Å². The number of rotatable bonds is 4. The van der Waals surface area contributed by atoms with Gasteiger partial charge in [-0.25, -0.2) is 4.98 Å². The first-order valence-electron chi connectivity index (χ1n) is 6.01. The van der Waals surface area contributed by atoms with Gasteiger partial charge in [0, 0.05) is 12.2 Å². The molecule has 0 saturated heterocycles. The first-order valence-corrected chi connectivity index (χ1v) is 6.42. The lowest BCUT2D eigenvalue weighted by Crippen LogP contribution is -2.12. The lowest BCUT2D eigenvalue weighted by molar-refractivity contribution is 0.580. The largest absolute Gasteiger partial charge is 0.393 e. The second-order valence-electron chi connectivity index (χ2n) is 4.48. The van der Waals surface area contributed by atoms with E-state index < -0.39 is 0 Å². The van der Waals surface area contributed by atoms with E-state index in [0.29, 0.717) is 4.99 Å². The molecular weight excluding hydrogens is 218 g/mol. The number of imidazole rings is 1. The second kappa shape index (κ2) is 4.95. The van der Waals surface area contributed by atoms with E-state index in [2.05, 4.69) is 16.5 Å². The maximum Gasteiger partial charge on any atom is 0.106 e. The quantitative estimate of drug-likeness (QED) is 0.816. The highest BCUT2D eigenvalue weighted by molar-refractivity contribution is 7.80. The van der Waals surface area contributed by atoms with Gasteiger partial charge < -0.3 is 10.3 Å². The molecule has 0 aliphatic heterocycles. The number of hydrogen-bond donors (Lipinski definition) is 1. The summed E-state index contributed by atoms with van der Waals surface area (Å²) >= 11 is 4.90. The highest BCUT2D eigenvalue weighted by Crippen LogP contribution is 2.22. The molecule has 1 aromatic rings. The van der Waals surface area contributed by atoms with Gasteiger partial charge in [-0.15, -0.1) is 0 Å². The summed E-state index contributed by atoms with van der Waals surface area (Å²) in [6, 6.07) is 0. The number of nitrogens with two attached hydrogens (primary N) is 1. The molecule has 1 aliphatic carbocycles. The van der Waals surface area contributed by atoms with Crippen molar-refractivity contribution in [2.45, 2.75) is 52.0 Å². The molecule has 16 heavy (non-hydrogen) atoms. The number of fused-ring (bicyclic) bond motifs is 1. The minimum absolute atomic E-state index is 0.617. The van der Waals surface area contributed by atoms with Crippen LogP contribution >= 0.6 is 12.2 Å². The maximum atomic E-state index is 5.51. The van der Waals surface area contributed by atoms with E-state index in [1.807, 2.05) is 0 Å². The Morgan fingerprint density at radius 1 is 1.44 bits per heavy atom. The summed E-state index contributed by atoms with van der Waals surface area (Å²) in [4.78, 5) is 5.27. The van der Waals surface area contributed by atoms with Gasteiger partial charge in [-0.1, -0.05) is 12.2 Å². The Kier molecular flexibility index (Phi) is 3.59. The highest BCUT2D eigenvalue weighted by atomic mass is 32.1. The van der Waals surface area contributed by atoms with Crippen LogP contribution in [0.2, 0.25) is 0 Å². The van der Waals surface area contributed by atoms with Gasteiger partial charge in [-0.2, -0.15) is 0 Å². The first kappa shape index (κ1) is 11.6. The standard InChI is InChI=1S/C12H19N3S/c1-9-14-10-5-2-3-6-11(10)15(9)8-4-7-12(13)16/h2-8H2,1H3,(H2,13,16). The molecule has 0 spiro atoms. The molecule has 0 unspecified atom stereocenters. The molecule has 0 radical (unpaired) electrons. The summed E-state index contributed by atoms with van der Waals surface area (Å²) in [5.41, 5.74) is 8.28. The van der Waals surface area contributed by atoms with E-state index in [1.54, 1.807) is 0 Å². The fourth-order valence-corrected chi connectivity index (χ4v) is 2.59. The van der Waals surface area contributed by atoms with Crippen molar-refractivity contribution in [3.8, 4) is 0 Å². The van der Waals surface area contributed by atoms with Crippen molar-refractivity contribution in [2.75, 3.05) is 0 Å². The van der Waals surface area contributed by atoms with Crippen molar-refractivity contribution >= 4 is 17.2 Å². The maximum absolute atomic E-state index is 5.51. The second-order valence-corrected chi connectivity index (χ2v) is 5.01. The minimum Gasteiger partial charge on any atom is -0.393 e. The van der Waals surface area contributed by atoms with Crippen LogP contribution in [0.15, 0.2) is 0 Å². The van der Waals surface area contributed by atoms with Crippen LogP contribution in [0.25, 0.3) is 0 Å². The molecule has 0 atom stereocenters. The third-order valence-corrected chi connectivity index (χ3v) is 3.43. The lowest BCUT2D eigenvalue weighted by atomic mass is 10.0. The van der Waals surface area contributed by atoms with Gasteiger partial charge in [-0.05, 0) is 45.4 Å². The van der Waals surface area contributed by atoms with Crippen LogP contribution in [-0.4, -0.2) is 14.5 Å². The number of aryl methyl sites for hydroxylation is 2. The SMILES string of the molecule is Cc1nc2c(n1CCCC(N)=S)CCCC2. The third-order valence-electron chi connectivity index (χ3n) is 3.23. The Hall–Kier alpha value is -0.900. The molecule has 0 fully saturated rings. The number of nitrogens with zero attached hydrogens (tertiary/aromatic N) is 2. The third kappa shape index (κ3) is 2.43. The Morgan fingerprint density at radius 2 is 2.19 bits per heavy atom. The number of aromatic nitrogens is 2. The Labute approximate surface area is 102 Å². The molecular formula is C12H19N3S. The van der Waals surface area contributed by atoms with Gasteiger partial charge >= 0.3 is 0 Å². The average molecular weight is 237 g/mol. The fraction of sp³-hybridized carbons (Fsp3) is 0.667. The first-order chi connectivity index (χ1) is 7.68. The van der Waals surface area contributed by atoms with Gasteiger partial charge in [-0.3, -0.25) is 0 Å². The van der Waals surface area contributed by atoms with Crippen LogP contribution in [0.3, 0.4) is 0 Å². The van der Waals surface area contributed by atoms with Crippen LogP contribution < -0.4 is 5.73 Å². The topological polar surface area (TPSA) is 43.8 Å². The van der Waals surface area contributed by atoms with Gasteiger partial charge in [0.15, 0.2) is 0 Å². The molecule has 0 saturated carbocycles. The molecule has 1 aromatic heterocycles. The zero-order valence-corrected chi connectivity index (χ0v) is 10.6. The summed E-state index contributed by atoms with van der Waals surface area (Å²) in [6.07, 6.45) is 6.78. The number of thiocarbonyl (C=S) groups is 1. The highest BCUT2D eigenvalue weighted by Gasteiger charge is 2.17. The zero-order chi connectivity index (χ0) is 11.5. The lowest BCUT2D eigenvalue weighted by Gasteiger charge is -2.14. The van der Waals surface area contributed by atoms with Crippen LogP contribution in [0.1, 0.15) is 42.9 Å². The van der Waals surface area contributed by atoms with Crippen LogP contribution in [0, 0.1) is 6.92 Å². The molecule has 88 valence electrons. The molecule has 1 heterocycles. The Balaban J connectivity index is 2.07. The Bertz CT molecular complexity index is 395. The summed E-state index contributed by atoms with van der Waals surface area (Å²) in [5, 5.41) is 0. The molecule has 0 aromatic carbocycles. The van der Waals surface area contributed by atoms with E-state index in [9.17, 15) is 0 Å². The molecule has 0 amide bonds. The summed E-state index contributed by atoms with van der Waals surface area (Å²) in [5.74, 6) is 1.15. The van der Waals surface area contributed by atoms with Crippen LogP contribution in [-0.2, 0) is 19.4 Å². The van der Waals surface area contributed by atoms with Crippen molar-refractivity contribution in [1.82, 2.24) is 9.55 Å². The van der Waals surface area contributed by atoms with Crippen molar-refractivity contribution in [3.63, 3.8) is 0 Å². The summed E-state index contributed by atoms with van der Waals surface area (Å²) < 4.78 is 2.35. The van der Waals surface area contributed by atoms with E-state index >= 15 is 0 Å². The predicted molar refractivity (Wildman–Crippen MR) is 69.6 cm³/mol. The smallest absolute Gasteiger partial charge is 0.106 e. The van der Waals surface area contributed by atoms with Gasteiger partial charge in [0.25, 0.3) is 0 Å². The van der Waals surface area contributed by atoms with Crippen LogP contribution in [0.4, 0.5) is 0 Å². The Morgan fingerprint density at radius 3 is 2.94 bits per heavy atom. The van der Waals surface area contributed by atoms with Crippen LogP contribution in [0.5, 0.6) is 0 Å². The average Bonchev–Trinajstić information content (AvgIpc) is 2.55. The van der Waals surface area contributed by atoms with E-state index in [4.69, 9.17) is 18.0 Å². The van der Waals surface area contributed by atoms with Gasteiger partial charge in [0.1, 0.15) is 5.82 Å². The van der Waals surface area contributed by atoms with Crippen molar-refractivity contribution in [3.05, 3.63) is 17.2 Å². The summed E-state index contributed by atoms with van der Waals surface area (Å²) in [7, 11) is 0. The summed E-state index contributed by atoms with van der Waals surface area (Å²) in [6.45, 7) is 3.10. The molecule has 2 rings (SSSR count). The van der Waals surface area contributed by atoms with E-state index in [-0.39, 0.29) is 0 Å². The zero-order valence-electron chi connectivity index (χ0n) is 9.83. The molecule has 0 bridgehead atoms. The van der Waals surface area contributed by atoms with E-state index in [0.717, 1.165) is 31.6 Å². The van der Waals surface area contributed by atoms with Gasteiger partial charge in [0.2, 0.25) is 0 Å².